The molecule has 2 rings (SSSR count). The van der Waals surface area contributed by atoms with Crippen LogP contribution in [0.15, 0.2) is 36.5 Å². The zero-order valence-electron chi connectivity index (χ0n) is 10.0. The summed E-state index contributed by atoms with van der Waals surface area (Å²) in [5.74, 6) is -1.09. The third-order valence-corrected chi connectivity index (χ3v) is 2.58. The minimum Gasteiger partial charge on any atom is -0.368 e. The molecule has 0 bridgehead atoms. The fraction of sp³-hybridized carbons (Fsp3) is 0.167. The van der Waals surface area contributed by atoms with Crippen molar-refractivity contribution in [3.8, 4) is 0 Å². The number of aromatic nitrogens is 3. The molecule has 1 atom stereocenters. The van der Waals surface area contributed by atoms with Gasteiger partial charge in [-0.15, -0.1) is 0 Å². The number of nitrogens with zero attached hydrogens (tertiary/aromatic N) is 2. The average molecular weight is 259 g/mol. The molecule has 0 fully saturated rings. The van der Waals surface area contributed by atoms with E-state index in [2.05, 4.69) is 20.7 Å². The van der Waals surface area contributed by atoms with Crippen molar-refractivity contribution in [3.05, 3.63) is 47.8 Å². The maximum atomic E-state index is 11.8. The van der Waals surface area contributed by atoms with Gasteiger partial charge in [0.25, 0.3) is 5.91 Å². The minimum atomic E-state index is -0.786. The molecule has 0 saturated carbocycles. The number of nitrogens with one attached hydrogen (secondary N) is 2. The van der Waals surface area contributed by atoms with E-state index >= 15 is 0 Å². The second-order valence-corrected chi connectivity index (χ2v) is 3.97. The summed E-state index contributed by atoms with van der Waals surface area (Å²) in [5, 5.41) is 12.0. The predicted molar refractivity (Wildman–Crippen MR) is 67.0 cm³/mol. The number of rotatable bonds is 5. The van der Waals surface area contributed by atoms with Gasteiger partial charge in [0.15, 0.2) is 5.69 Å². The van der Waals surface area contributed by atoms with Crippen LogP contribution < -0.4 is 11.1 Å². The molecule has 2 amide bonds. The molecule has 1 heterocycles. The largest absolute Gasteiger partial charge is 0.368 e. The quantitative estimate of drug-likeness (QED) is 0.679. The SMILES string of the molecule is NC(=O)[C@H](Cc1ccccc1)NC(=O)c1cn[nH]n1. The third kappa shape index (κ3) is 3.38. The Bertz CT molecular complexity index is 553. The number of hydrogen-bond donors (Lipinski definition) is 3. The second kappa shape index (κ2) is 5.76. The maximum absolute atomic E-state index is 11.8. The Morgan fingerprint density at radius 3 is 2.63 bits per heavy atom. The molecule has 1 aromatic carbocycles. The van der Waals surface area contributed by atoms with Crippen LogP contribution in [0.1, 0.15) is 16.1 Å². The van der Waals surface area contributed by atoms with Gasteiger partial charge in [0.2, 0.25) is 5.91 Å². The highest BCUT2D eigenvalue weighted by atomic mass is 16.2. The summed E-state index contributed by atoms with van der Waals surface area (Å²) < 4.78 is 0. The van der Waals surface area contributed by atoms with E-state index in [1.807, 2.05) is 30.3 Å². The zero-order valence-corrected chi connectivity index (χ0v) is 10.0. The van der Waals surface area contributed by atoms with E-state index in [1.54, 1.807) is 0 Å². The van der Waals surface area contributed by atoms with Gasteiger partial charge in [-0.05, 0) is 5.56 Å². The van der Waals surface area contributed by atoms with Crippen LogP contribution in [0.2, 0.25) is 0 Å². The molecule has 0 saturated heterocycles. The predicted octanol–water partition coefficient (Wildman–Crippen LogP) is -0.369. The van der Waals surface area contributed by atoms with Crippen LogP contribution in [0.25, 0.3) is 0 Å². The number of carbonyl (C=O) groups excluding carboxylic acids is 2. The summed E-state index contributed by atoms with van der Waals surface area (Å²) in [5.41, 5.74) is 6.31. The Hall–Kier alpha value is -2.70. The monoisotopic (exact) mass is 259 g/mol. The molecule has 0 radical (unpaired) electrons. The van der Waals surface area contributed by atoms with Gasteiger partial charge < -0.3 is 11.1 Å². The number of aromatic amines is 1. The van der Waals surface area contributed by atoms with Crippen molar-refractivity contribution in [2.75, 3.05) is 0 Å². The number of hydrogen-bond acceptors (Lipinski definition) is 4. The summed E-state index contributed by atoms with van der Waals surface area (Å²) in [7, 11) is 0. The Labute approximate surface area is 109 Å². The van der Waals surface area contributed by atoms with E-state index in [0.29, 0.717) is 6.42 Å². The molecular weight excluding hydrogens is 246 g/mol. The van der Waals surface area contributed by atoms with Crippen LogP contribution in [0.4, 0.5) is 0 Å². The number of nitrogens with two attached hydrogens (primary N) is 1. The van der Waals surface area contributed by atoms with E-state index < -0.39 is 17.9 Å². The topological polar surface area (TPSA) is 114 Å². The van der Waals surface area contributed by atoms with E-state index in [1.165, 1.54) is 6.20 Å². The Morgan fingerprint density at radius 1 is 1.32 bits per heavy atom. The van der Waals surface area contributed by atoms with Gasteiger partial charge >= 0.3 is 0 Å². The lowest BCUT2D eigenvalue weighted by Gasteiger charge is -2.14. The Balaban J connectivity index is 2.05. The number of benzene rings is 1. The summed E-state index contributed by atoms with van der Waals surface area (Å²) in [6, 6.07) is 8.51. The summed E-state index contributed by atoms with van der Waals surface area (Å²) in [4.78, 5) is 23.1. The first kappa shape index (κ1) is 12.7. The highest BCUT2D eigenvalue weighted by Gasteiger charge is 2.20. The van der Waals surface area contributed by atoms with E-state index in [9.17, 15) is 9.59 Å². The van der Waals surface area contributed by atoms with Crippen molar-refractivity contribution >= 4 is 11.8 Å². The lowest BCUT2D eigenvalue weighted by atomic mass is 10.1. The van der Waals surface area contributed by atoms with Crippen LogP contribution in [0.5, 0.6) is 0 Å². The lowest BCUT2D eigenvalue weighted by Crippen LogP contribution is -2.46. The maximum Gasteiger partial charge on any atom is 0.274 e. The fourth-order valence-corrected chi connectivity index (χ4v) is 1.62. The summed E-state index contributed by atoms with van der Waals surface area (Å²) in [6.45, 7) is 0. The van der Waals surface area contributed by atoms with Crippen molar-refractivity contribution in [3.63, 3.8) is 0 Å². The molecule has 98 valence electrons. The van der Waals surface area contributed by atoms with Gasteiger partial charge in [-0.1, -0.05) is 30.3 Å². The normalized spacial score (nSPS) is 11.8. The van der Waals surface area contributed by atoms with E-state index in [4.69, 9.17) is 5.73 Å². The number of carbonyl (C=O) groups is 2. The van der Waals surface area contributed by atoms with Gasteiger partial charge in [-0.3, -0.25) is 9.59 Å². The number of H-pyrrole nitrogens is 1. The van der Waals surface area contributed by atoms with Crippen molar-refractivity contribution < 1.29 is 9.59 Å². The summed E-state index contributed by atoms with van der Waals surface area (Å²) >= 11 is 0. The molecule has 0 unspecified atom stereocenters. The standard InChI is InChI=1S/C12H13N5O2/c13-11(18)9(6-8-4-2-1-3-5-8)15-12(19)10-7-14-17-16-10/h1-5,7,9H,6H2,(H2,13,18)(H,15,19)(H,14,16,17)/t9-/m0/s1. The lowest BCUT2D eigenvalue weighted by molar-refractivity contribution is -0.119. The van der Waals surface area contributed by atoms with Crippen molar-refractivity contribution in [1.82, 2.24) is 20.7 Å². The van der Waals surface area contributed by atoms with Crippen molar-refractivity contribution in [2.24, 2.45) is 5.73 Å². The molecule has 2 aromatic rings. The molecule has 0 aliphatic heterocycles. The van der Waals surface area contributed by atoms with Crippen LogP contribution in [-0.4, -0.2) is 33.3 Å². The first-order chi connectivity index (χ1) is 9.16. The molecule has 7 heteroatoms. The number of primary amides is 1. The molecule has 4 N–H and O–H groups in total. The molecule has 7 nitrogen and oxygen atoms in total. The van der Waals surface area contributed by atoms with Crippen LogP contribution in [0, 0.1) is 0 Å². The smallest absolute Gasteiger partial charge is 0.274 e. The first-order valence-corrected chi connectivity index (χ1v) is 5.66. The first-order valence-electron chi connectivity index (χ1n) is 5.66. The minimum absolute atomic E-state index is 0.110. The van der Waals surface area contributed by atoms with Crippen molar-refractivity contribution in [2.45, 2.75) is 12.5 Å². The van der Waals surface area contributed by atoms with Gasteiger partial charge in [-0.2, -0.15) is 15.4 Å². The van der Waals surface area contributed by atoms with Gasteiger partial charge in [0.1, 0.15) is 6.04 Å². The van der Waals surface area contributed by atoms with Crippen molar-refractivity contribution in [1.29, 1.82) is 0 Å². The second-order valence-electron chi connectivity index (χ2n) is 3.97. The van der Waals surface area contributed by atoms with E-state index in [-0.39, 0.29) is 5.69 Å². The van der Waals surface area contributed by atoms with Gasteiger partial charge in [0.05, 0.1) is 6.20 Å². The average Bonchev–Trinajstić information content (AvgIpc) is 2.93. The van der Waals surface area contributed by atoms with Gasteiger partial charge in [-0.25, -0.2) is 0 Å². The highest BCUT2D eigenvalue weighted by Crippen LogP contribution is 2.03. The highest BCUT2D eigenvalue weighted by molar-refractivity contribution is 5.95. The zero-order chi connectivity index (χ0) is 13.7. The van der Waals surface area contributed by atoms with Crippen LogP contribution in [0.3, 0.4) is 0 Å². The van der Waals surface area contributed by atoms with Gasteiger partial charge in [0, 0.05) is 6.42 Å². The third-order valence-electron chi connectivity index (χ3n) is 2.58. The molecule has 0 spiro atoms. The molecular formula is C12H13N5O2. The molecule has 0 aliphatic carbocycles. The molecule has 0 aliphatic rings. The van der Waals surface area contributed by atoms with Crippen LogP contribution >= 0.6 is 0 Å². The Kier molecular flexibility index (Phi) is 3.87. The summed E-state index contributed by atoms with van der Waals surface area (Å²) in [6.07, 6.45) is 1.61. The van der Waals surface area contributed by atoms with Crippen LogP contribution in [-0.2, 0) is 11.2 Å². The molecule has 1 aromatic heterocycles. The van der Waals surface area contributed by atoms with E-state index in [0.717, 1.165) is 5.56 Å². The Morgan fingerprint density at radius 2 is 2.05 bits per heavy atom. The number of amides is 2. The molecule has 19 heavy (non-hydrogen) atoms. The fourth-order valence-electron chi connectivity index (χ4n) is 1.62.